The summed E-state index contributed by atoms with van der Waals surface area (Å²) in [5, 5.41) is 0. The van der Waals surface area contributed by atoms with Gasteiger partial charge >= 0.3 is 5.97 Å². The topological polar surface area (TPSA) is 26.3 Å². The van der Waals surface area contributed by atoms with Crippen molar-refractivity contribution in [2.45, 2.75) is 0 Å². The molecule has 0 unspecified atom stereocenters. The van der Waals surface area contributed by atoms with Gasteiger partial charge in [0.1, 0.15) is 0 Å². The highest BCUT2D eigenvalue weighted by Gasteiger charge is 1.86. The van der Waals surface area contributed by atoms with Gasteiger partial charge in [-0.05, 0) is 6.08 Å². The number of hydrogen-bond acceptors (Lipinski definition) is 2. The third kappa shape index (κ3) is 5.11. The molecule has 3 heteroatoms. The number of alkyl halides is 1. The molecule has 0 heterocycles. The minimum absolute atomic E-state index is 0.338. The Labute approximate surface area is 58.8 Å². The minimum Gasteiger partial charge on any atom is -0.432 e. The van der Waals surface area contributed by atoms with Gasteiger partial charge in [0, 0.05) is 12.0 Å². The lowest BCUT2D eigenvalue weighted by Gasteiger charge is -1.87. The molecule has 9 heavy (non-hydrogen) atoms. The van der Waals surface area contributed by atoms with Crippen molar-refractivity contribution in [1.29, 1.82) is 0 Å². The fraction of sp³-hybridized carbons (Fsp3) is 0.167. The summed E-state index contributed by atoms with van der Waals surface area (Å²) in [7, 11) is 0. The summed E-state index contributed by atoms with van der Waals surface area (Å²) in [5.41, 5.74) is 0. The molecule has 0 rings (SSSR count). The smallest absolute Gasteiger partial charge is 0.334 e. The Hall–Kier alpha value is -0.760. The van der Waals surface area contributed by atoms with Gasteiger partial charge in [0.15, 0.2) is 0 Å². The number of carbonyl (C=O) groups excluding carboxylic acids is 1. The highest BCUT2D eigenvalue weighted by Crippen LogP contribution is 1.82. The number of halogens is 1. The Morgan fingerprint density at radius 1 is 1.78 bits per heavy atom. The quantitative estimate of drug-likeness (QED) is 0.261. The summed E-state index contributed by atoms with van der Waals surface area (Å²) < 4.78 is 4.41. The van der Waals surface area contributed by atoms with Crippen LogP contribution in [0.1, 0.15) is 0 Å². The van der Waals surface area contributed by atoms with Gasteiger partial charge in [-0.1, -0.05) is 6.58 Å². The van der Waals surface area contributed by atoms with E-state index >= 15 is 0 Å². The standard InChI is InChI=1S/C6H7ClO2/c1-2-6(8)9-5-3-4-7/h2-3,5H,1,4H2. The fourth-order valence-electron chi connectivity index (χ4n) is 0.200. The molecule has 0 bridgehead atoms. The summed E-state index contributed by atoms with van der Waals surface area (Å²) in [6, 6.07) is 0. The van der Waals surface area contributed by atoms with E-state index < -0.39 is 5.97 Å². The lowest BCUT2D eigenvalue weighted by atomic mass is 10.6. The summed E-state index contributed by atoms with van der Waals surface area (Å²) in [5.74, 6) is -0.138. The zero-order valence-corrected chi connectivity index (χ0v) is 5.60. The van der Waals surface area contributed by atoms with Crippen molar-refractivity contribution in [3.05, 3.63) is 25.0 Å². The van der Waals surface area contributed by atoms with Crippen molar-refractivity contribution >= 4 is 17.6 Å². The molecule has 0 aliphatic rings. The molecule has 0 aromatic carbocycles. The molecule has 0 saturated heterocycles. The summed E-state index contributed by atoms with van der Waals surface area (Å²) >= 11 is 5.22. The summed E-state index contributed by atoms with van der Waals surface area (Å²) in [6.45, 7) is 3.20. The first-order valence-electron chi connectivity index (χ1n) is 2.35. The molecular weight excluding hydrogens is 140 g/mol. The molecule has 0 N–H and O–H groups in total. The lowest BCUT2D eigenvalue weighted by Crippen LogP contribution is -1.91. The monoisotopic (exact) mass is 146 g/mol. The Morgan fingerprint density at radius 2 is 2.44 bits per heavy atom. The SMILES string of the molecule is C=CC(=O)OC=CCCl. The van der Waals surface area contributed by atoms with E-state index in [9.17, 15) is 4.79 Å². The second-order valence-electron chi connectivity index (χ2n) is 1.17. The Kier molecular flexibility index (Phi) is 4.92. The normalized spacial score (nSPS) is 9.44. The van der Waals surface area contributed by atoms with Crippen molar-refractivity contribution in [1.82, 2.24) is 0 Å². The molecule has 0 radical (unpaired) electrons. The van der Waals surface area contributed by atoms with E-state index in [-0.39, 0.29) is 0 Å². The van der Waals surface area contributed by atoms with Crippen LogP contribution in [0.3, 0.4) is 0 Å². The molecular formula is C6H7ClO2. The predicted octanol–water partition coefficient (Wildman–Crippen LogP) is 1.47. The second kappa shape index (κ2) is 5.38. The number of carbonyl (C=O) groups is 1. The average Bonchev–Trinajstić information content (AvgIpc) is 1.89. The highest BCUT2D eigenvalue weighted by molar-refractivity contribution is 6.18. The Balaban J connectivity index is 3.37. The number of esters is 1. The first kappa shape index (κ1) is 8.24. The maximum Gasteiger partial charge on any atom is 0.334 e. The van der Waals surface area contributed by atoms with E-state index in [0.717, 1.165) is 6.08 Å². The molecule has 0 amide bonds. The van der Waals surface area contributed by atoms with E-state index in [4.69, 9.17) is 11.6 Å². The molecule has 0 aromatic rings. The van der Waals surface area contributed by atoms with Crippen LogP contribution in [0.2, 0.25) is 0 Å². The van der Waals surface area contributed by atoms with Crippen molar-refractivity contribution in [3.63, 3.8) is 0 Å². The van der Waals surface area contributed by atoms with Crippen LogP contribution < -0.4 is 0 Å². The summed E-state index contributed by atoms with van der Waals surface area (Å²) in [4.78, 5) is 10.3. The molecule has 0 saturated carbocycles. The largest absolute Gasteiger partial charge is 0.432 e. The van der Waals surface area contributed by atoms with Gasteiger partial charge in [-0.2, -0.15) is 0 Å². The van der Waals surface area contributed by atoms with Gasteiger partial charge < -0.3 is 4.74 Å². The maximum absolute atomic E-state index is 10.3. The van der Waals surface area contributed by atoms with Gasteiger partial charge in [0.05, 0.1) is 6.26 Å². The molecule has 2 nitrogen and oxygen atoms in total. The predicted molar refractivity (Wildman–Crippen MR) is 36.1 cm³/mol. The van der Waals surface area contributed by atoms with Crippen LogP contribution in [0, 0.1) is 0 Å². The highest BCUT2D eigenvalue weighted by atomic mass is 35.5. The van der Waals surface area contributed by atoms with Gasteiger partial charge in [-0.3, -0.25) is 0 Å². The van der Waals surface area contributed by atoms with E-state index in [1.54, 1.807) is 0 Å². The Bertz CT molecular complexity index is 129. The number of ether oxygens (including phenoxy) is 1. The zero-order chi connectivity index (χ0) is 7.11. The zero-order valence-electron chi connectivity index (χ0n) is 4.84. The van der Waals surface area contributed by atoms with E-state index in [0.29, 0.717) is 5.88 Å². The van der Waals surface area contributed by atoms with Crippen LogP contribution in [-0.2, 0) is 9.53 Å². The first-order chi connectivity index (χ1) is 4.31. The van der Waals surface area contributed by atoms with Crippen LogP contribution in [-0.4, -0.2) is 11.8 Å². The third-order valence-corrected chi connectivity index (χ3v) is 0.714. The lowest BCUT2D eigenvalue weighted by molar-refractivity contribution is -0.132. The molecule has 0 fully saturated rings. The van der Waals surface area contributed by atoms with Gasteiger partial charge in [-0.15, -0.1) is 11.6 Å². The van der Waals surface area contributed by atoms with E-state index in [1.165, 1.54) is 12.3 Å². The van der Waals surface area contributed by atoms with Crippen LogP contribution in [0.15, 0.2) is 25.0 Å². The summed E-state index contributed by atoms with van der Waals surface area (Å²) in [6.07, 6.45) is 3.83. The maximum atomic E-state index is 10.3. The van der Waals surface area contributed by atoms with Crippen molar-refractivity contribution < 1.29 is 9.53 Å². The van der Waals surface area contributed by atoms with Crippen LogP contribution >= 0.6 is 11.6 Å². The molecule has 0 aliphatic heterocycles. The molecule has 0 spiro atoms. The Morgan fingerprint density at radius 3 is 2.89 bits per heavy atom. The van der Waals surface area contributed by atoms with Crippen molar-refractivity contribution in [2.75, 3.05) is 5.88 Å². The van der Waals surface area contributed by atoms with Crippen LogP contribution in [0.4, 0.5) is 0 Å². The van der Waals surface area contributed by atoms with Gasteiger partial charge in [-0.25, -0.2) is 4.79 Å². The third-order valence-electron chi connectivity index (χ3n) is 0.536. The minimum atomic E-state index is -0.476. The van der Waals surface area contributed by atoms with Crippen molar-refractivity contribution in [2.24, 2.45) is 0 Å². The molecule has 0 aromatic heterocycles. The fourth-order valence-corrected chi connectivity index (χ4v) is 0.272. The van der Waals surface area contributed by atoms with Crippen LogP contribution in [0.5, 0.6) is 0 Å². The molecule has 0 atom stereocenters. The molecule has 0 aliphatic carbocycles. The van der Waals surface area contributed by atoms with Crippen molar-refractivity contribution in [3.8, 4) is 0 Å². The number of hydrogen-bond donors (Lipinski definition) is 0. The second-order valence-corrected chi connectivity index (χ2v) is 1.48. The first-order valence-corrected chi connectivity index (χ1v) is 2.88. The van der Waals surface area contributed by atoms with Gasteiger partial charge in [0.2, 0.25) is 0 Å². The van der Waals surface area contributed by atoms with Gasteiger partial charge in [0.25, 0.3) is 0 Å². The average molecular weight is 147 g/mol. The van der Waals surface area contributed by atoms with E-state index in [2.05, 4.69) is 11.3 Å². The van der Waals surface area contributed by atoms with E-state index in [1.807, 2.05) is 0 Å². The molecule has 50 valence electrons. The van der Waals surface area contributed by atoms with Crippen LogP contribution in [0.25, 0.3) is 0 Å². The number of rotatable bonds is 3. The number of allylic oxidation sites excluding steroid dienone is 1.